The van der Waals surface area contributed by atoms with Crippen LogP contribution in [0.25, 0.3) is 0 Å². The monoisotopic (exact) mass is 354 g/mol. The zero-order chi connectivity index (χ0) is 17.6. The van der Waals surface area contributed by atoms with Crippen LogP contribution >= 0.6 is 0 Å². The molecule has 136 valence electrons. The van der Waals surface area contributed by atoms with Gasteiger partial charge in [0, 0.05) is 19.1 Å². The number of hydrogen-bond donors (Lipinski definition) is 2. The lowest BCUT2D eigenvalue weighted by atomic mass is 9.80. The van der Waals surface area contributed by atoms with Crippen LogP contribution in [0.2, 0.25) is 0 Å². The molecule has 1 aromatic rings. The SMILES string of the molecule is CCc1ccc(S(=O)(=O)NCC2(COC)CCNCC2)cc1CC. The summed E-state index contributed by atoms with van der Waals surface area (Å²) in [6.07, 6.45) is 3.59. The molecule has 24 heavy (non-hydrogen) atoms. The normalized spacial score (nSPS) is 17.8. The molecule has 0 spiro atoms. The van der Waals surface area contributed by atoms with Gasteiger partial charge in [0.2, 0.25) is 10.0 Å². The molecule has 0 atom stereocenters. The first-order valence-corrected chi connectivity index (χ1v) is 10.3. The summed E-state index contributed by atoms with van der Waals surface area (Å²) in [5.74, 6) is 0. The Balaban J connectivity index is 2.15. The maximum absolute atomic E-state index is 12.7. The van der Waals surface area contributed by atoms with Crippen molar-refractivity contribution in [1.82, 2.24) is 10.0 Å². The van der Waals surface area contributed by atoms with E-state index in [1.165, 1.54) is 5.56 Å². The third-order valence-corrected chi connectivity index (χ3v) is 6.40. The van der Waals surface area contributed by atoms with Crippen LogP contribution < -0.4 is 10.0 Å². The molecule has 2 rings (SSSR count). The van der Waals surface area contributed by atoms with E-state index in [0.717, 1.165) is 44.3 Å². The number of rotatable bonds is 8. The standard InChI is InChI=1S/C18H30N2O3S/c1-4-15-6-7-17(12-16(15)5-2)24(21,22)20-13-18(14-23-3)8-10-19-11-9-18/h6-7,12,19-20H,4-5,8-11,13-14H2,1-3H3. The van der Waals surface area contributed by atoms with Crippen molar-refractivity contribution in [1.29, 1.82) is 0 Å². The molecule has 1 aromatic carbocycles. The van der Waals surface area contributed by atoms with Crippen molar-refractivity contribution in [2.45, 2.75) is 44.4 Å². The predicted molar refractivity (Wildman–Crippen MR) is 96.8 cm³/mol. The first-order chi connectivity index (χ1) is 11.5. The van der Waals surface area contributed by atoms with Gasteiger partial charge in [-0.1, -0.05) is 19.9 Å². The Morgan fingerprint density at radius 2 is 1.83 bits per heavy atom. The summed E-state index contributed by atoms with van der Waals surface area (Å²) in [7, 11) is -1.82. The first kappa shape index (κ1) is 19.4. The summed E-state index contributed by atoms with van der Waals surface area (Å²) in [5.41, 5.74) is 2.20. The number of hydrogen-bond acceptors (Lipinski definition) is 4. The fraction of sp³-hybridized carbons (Fsp3) is 0.667. The third-order valence-electron chi connectivity index (χ3n) is 5.00. The lowest BCUT2D eigenvalue weighted by molar-refractivity contribution is 0.0577. The zero-order valence-electron chi connectivity index (χ0n) is 15.0. The summed E-state index contributed by atoms with van der Waals surface area (Å²) in [6, 6.07) is 5.46. The number of methoxy groups -OCH3 is 1. The van der Waals surface area contributed by atoms with Crippen molar-refractivity contribution in [3.8, 4) is 0 Å². The van der Waals surface area contributed by atoms with Gasteiger partial charge in [0.15, 0.2) is 0 Å². The highest BCUT2D eigenvalue weighted by molar-refractivity contribution is 7.89. The van der Waals surface area contributed by atoms with Gasteiger partial charge < -0.3 is 10.1 Å². The quantitative estimate of drug-likeness (QED) is 0.750. The molecule has 0 saturated carbocycles. The van der Waals surface area contributed by atoms with Crippen molar-refractivity contribution in [2.24, 2.45) is 5.41 Å². The Morgan fingerprint density at radius 3 is 2.42 bits per heavy atom. The van der Waals surface area contributed by atoms with Crippen LogP contribution in [0.3, 0.4) is 0 Å². The molecule has 1 aliphatic heterocycles. The maximum Gasteiger partial charge on any atom is 0.240 e. The largest absolute Gasteiger partial charge is 0.384 e. The van der Waals surface area contributed by atoms with E-state index in [1.807, 2.05) is 12.1 Å². The van der Waals surface area contributed by atoms with Gasteiger partial charge in [-0.2, -0.15) is 0 Å². The predicted octanol–water partition coefficient (Wildman–Crippen LogP) is 2.11. The van der Waals surface area contributed by atoms with Gasteiger partial charge in [0.25, 0.3) is 0 Å². The van der Waals surface area contributed by atoms with E-state index in [1.54, 1.807) is 13.2 Å². The highest BCUT2D eigenvalue weighted by Gasteiger charge is 2.33. The molecule has 5 nitrogen and oxygen atoms in total. The van der Waals surface area contributed by atoms with Gasteiger partial charge in [-0.05, 0) is 62.0 Å². The van der Waals surface area contributed by atoms with Crippen molar-refractivity contribution < 1.29 is 13.2 Å². The Hall–Kier alpha value is -0.950. The number of ether oxygens (including phenoxy) is 1. The summed E-state index contributed by atoms with van der Waals surface area (Å²) >= 11 is 0. The minimum atomic E-state index is -3.50. The topological polar surface area (TPSA) is 67.4 Å². The van der Waals surface area contributed by atoms with Crippen LogP contribution in [0.5, 0.6) is 0 Å². The van der Waals surface area contributed by atoms with Crippen LogP contribution in [-0.4, -0.2) is 41.8 Å². The van der Waals surface area contributed by atoms with Crippen molar-refractivity contribution in [3.63, 3.8) is 0 Å². The number of nitrogens with one attached hydrogen (secondary N) is 2. The molecule has 0 aromatic heterocycles. The number of sulfonamides is 1. The van der Waals surface area contributed by atoms with Gasteiger partial charge in [0.05, 0.1) is 11.5 Å². The average molecular weight is 355 g/mol. The Kier molecular flexibility index (Phi) is 6.80. The molecule has 1 saturated heterocycles. The Morgan fingerprint density at radius 1 is 1.17 bits per heavy atom. The smallest absolute Gasteiger partial charge is 0.240 e. The molecule has 6 heteroatoms. The second kappa shape index (κ2) is 8.43. The molecule has 0 bridgehead atoms. The molecule has 1 fully saturated rings. The fourth-order valence-electron chi connectivity index (χ4n) is 3.41. The Bertz CT molecular complexity index is 632. The van der Waals surface area contributed by atoms with Gasteiger partial charge >= 0.3 is 0 Å². The summed E-state index contributed by atoms with van der Waals surface area (Å²) in [5, 5.41) is 3.32. The van der Waals surface area contributed by atoms with E-state index < -0.39 is 10.0 Å². The second-order valence-electron chi connectivity index (χ2n) is 6.65. The molecule has 0 aliphatic carbocycles. The number of aryl methyl sites for hydroxylation is 2. The van der Waals surface area contributed by atoms with Crippen LogP contribution in [0.4, 0.5) is 0 Å². The first-order valence-electron chi connectivity index (χ1n) is 8.77. The van der Waals surface area contributed by atoms with Gasteiger partial charge in [-0.3, -0.25) is 0 Å². The summed E-state index contributed by atoms with van der Waals surface area (Å²) in [4.78, 5) is 0.359. The third kappa shape index (κ3) is 4.57. The molecule has 1 aliphatic rings. The average Bonchev–Trinajstić information content (AvgIpc) is 2.60. The van der Waals surface area contributed by atoms with Crippen LogP contribution in [0, 0.1) is 5.41 Å². The van der Waals surface area contributed by atoms with Crippen molar-refractivity contribution in [2.75, 3.05) is 33.4 Å². The highest BCUT2D eigenvalue weighted by Crippen LogP contribution is 2.29. The molecule has 1 heterocycles. The lowest BCUT2D eigenvalue weighted by Gasteiger charge is -2.37. The molecular weight excluding hydrogens is 324 g/mol. The minimum Gasteiger partial charge on any atom is -0.384 e. The van der Waals surface area contributed by atoms with Crippen LogP contribution in [0.1, 0.15) is 37.8 Å². The van der Waals surface area contributed by atoms with E-state index in [9.17, 15) is 8.42 Å². The lowest BCUT2D eigenvalue weighted by Crippen LogP contribution is -2.47. The molecular formula is C18H30N2O3S. The molecule has 0 amide bonds. The van der Waals surface area contributed by atoms with E-state index in [0.29, 0.717) is 18.0 Å². The van der Waals surface area contributed by atoms with Crippen LogP contribution in [-0.2, 0) is 27.6 Å². The van der Waals surface area contributed by atoms with E-state index in [2.05, 4.69) is 23.9 Å². The minimum absolute atomic E-state index is 0.121. The zero-order valence-corrected chi connectivity index (χ0v) is 15.8. The van der Waals surface area contributed by atoms with E-state index in [-0.39, 0.29) is 5.41 Å². The van der Waals surface area contributed by atoms with E-state index >= 15 is 0 Å². The molecule has 2 N–H and O–H groups in total. The van der Waals surface area contributed by atoms with Crippen LogP contribution in [0.15, 0.2) is 23.1 Å². The van der Waals surface area contributed by atoms with Crippen molar-refractivity contribution >= 4 is 10.0 Å². The second-order valence-corrected chi connectivity index (χ2v) is 8.41. The van der Waals surface area contributed by atoms with Gasteiger partial charge in [-0.25, -0.2) is 13.1 Å². The van der Waals surface area contributed by atoms with Gasteiger partial charge in [-0.15, -0.1) is 0 Å². The molecule has 0 unspecified atom stereocenters. The Labute approximate surface area is 146 Å². The highest BCUT2D eigenvalue weighted by atomic mass is 32.2. The number of piperidine rings is 1. The van der Waals surface area contributed by atoms with Crippen molar-refractivity contribution in [3.05, 3.63) is 29.3 Å². The maximum atomic E-state index is 12.7. The molecule has 0 radical (unpaired) electrons. The number of benzene rings is 1. The summed E-state index contributed by atoms with van der Waals surface area (Å²) in [6.45, 7) is 6.94. The summed E-state index contributed by atoms with van der Waals surface area (Å²) < 4.78 is 33.6. The fourth-order valence-corrected chi connectivity index (χ4v) is 4.62. The van der Waals surface area contributed by atoms with Gasteiger partial charge in [0.1, 0.15) is 0 Å². The van der Waals surface area contributed by atoms with E-state index in [4.69, 9.17) is 4.74 Å².